The maximum absolute atomic E-state index is 12.0. The molecule has 2 aromatic carbocycles. The van der Waals surface area contributed by atoms with Gasteiger partial charge >= 0.3 is 0 Å². The molecule has 3 rings (SSSR count). The van der Waals surface area contributed by atoms with Gasteiger partial charge in [-0.15, -0.1) is 0 Å². The number of hydrogen-bond donors (Lipinski definition) is 1. The summed E-state index contributed by atoms with van der Waals surface area (Å²) in [7, 11) is 1.57. The van der Waals surface area contributed by atoms with Crippen molar-refractivity contribution in [2.24, 2.45) is 0 Å². The van der Waals surface area contributed by atoms with Gasteiger partial charge in [0, 0.05) is 33.4 Å². The smallest absolute Gasteiger partial charge is 0.248 e. The number of rotatable bonds is 5. The number of hydrogen-bond acceptors (Lipinski definition) is 3. The Morgan fingerprint density at radius 1 is 1.08 bits per heavy atom. The monoisotopic (exact) mass is 387 g/mol. The highest BCUT2D eigenvalue weighted by atomic mass is 35.5. The van der Waals surface area contributed by atoms with Crippen LogP contribution in [0.2, 0.25) is 10.0 Å². The second kappa shape index (κ2) is 8.13. The van der Waals surface area contributed by atoms with Gasteiger partial charge in [0.25, 0.3) is 0 Å². The number of furan rings is 1. The molecule has 0 aliphatic rings. The van der Waals surface area contributed by atoms with E-state index in [2.05, 4.69) is 5.32 Å². The Labute approximate surface area is 161 Å². The summed E-state index contributed by atoms with van der Waals surface area (Å²) in [5.74, 6) is 1.55. The van der Waals surface area contributed by atoms with Gasteiger partial charge in [-0.2, -0.15) is 0 Å². The minimum Gasteiger partial charge on any atom is -0.497 e. The third-order valence-corrected chi connectivity index (χ3v) is 3.95. The van der Waals surface area contributed by atoms with Gasteiger partial charge in [0.05, 0.1) is 7.11 Å². The Morgan fingerprint density at radius 3 is 2.58 bits per heavy atom. The molecule has 0 atom stereocenters. The van der Waals surface area contributed by atoms with Crippen LogP contribution in [0.1, 0.15) is 5.76 Å². The molecule has 0 saturated heterocycles. The van der Waals surface area contributed by atoms with Crippen LogP contribution in [0.15, 0.2) is 65.1 Å². The van der Waals surface area contributed by atoms with Crippen molar-refractivity contribution in [1.82, 2.24) is 0 Å². The molecule has 0 saturated carbocycles. The molecule has 0 spiro atoms. The third kappa shape index (κ3) is 4.69. The predicted octanol–water partition coefficient (Wildman–Crippen LogP) is 5.91. The largest absolute Gasteiger partial charge is 0.497 e. The van der Waals surface area contributed by atoms with Crippen molar-refractivity contribution < 1.29 is 13.9 Å². The molecule has 4 nitrogen and oxygen atoms in total. The summed E-state index contributed by atoms with van der Waals surface area (Å²) in [6, 6.07) is 15.8. The van der Waals surface area contributed by atoms with Gasteiger partial charge in [-0.05, 0) is 48.5 Å². The molecule has 132 valence electrons. The van der Waals surface area contributed by atoms with Crippen molar-refractivity contribution in [3.05, 3.63) is 76.5 Å². The van der Waals surface area contributed by atoms with Crippen LogP contribution >= 0.6 is 23.2 Å². The number of amides is 1. The maximum Gasteiger partial charge on any atom is 0.248 e. The second-order valence-corrected chi connectivity index (χ2v) is 6.29. The van der Waals surface area contributed by atoms with E-state index in [4.69, 9.17) is 32.4 Å². The van der Waals surface area contributed by atoms with Crippen molar-refractivity contribution in [3.63, 3.8) is 0 Å². The number of halogens is 2. The quantitative estimate of drug-likeness (QED) is 0.553. The number of anilines is 1. The van der Waals surface area contributed by atoms with E-state index in [0.29, 0.717) is 33.0 Å². The topological polar surface area (TPSA) is 51.5 Å². The molecule has 1 heterocycles. The normalized spacial score (nSPS) is 10.9. The number of carbonyl (C=O) groups is 1. The molecule has 1 amide bonds. The van der Waals surface area contributed by atoms with Crippen molar-refractivity contribution >= 4 is 40.9 Å². The van der Waals surface area contributed by atoms with Crippen LogP contribution in [0.25, 0.3) is 17.4 Å². The van der Waals surface area contributed by atoms with Gasteiger partial charge in [0.15, 0.2) is 0 Å². The van der Waals surface area contributed by atoms with Crippen molar-refractivity contribution in [1.29, 1.82) is 0 Å². The first kappa shape index (κ1) is 18.1. The van der Waals surface area contributed by atoms with E-state index in [1.807, 2.05) is 0 Å². The molecule has 6 heteroatoms. The summed E-state index contributed by atoms with van der Waals surface area (Å²) < 4.78 is 10.8. The minimum absolute atomic E-state index is 0.276. The van der Waals surface area contributed by atoms with Crippen molar-refractivity contribution in [3.8, 4) is 17.1 Å². The Morgan fingerprint density at radius 2 is 1.85 bits per heavy atom. The van der Waals surface area contributed by atoms with E-state index < -0.39 is 0 Å². The lowest BCUT2D eigenvalue weighted by Crippen LogP contribution is -2.07. The predicted molar refractivity (Wildman–Crippen MR) is 105 cm³/mol. The Balaban J connectivity index is 1.69. The van der Waals surface area contributed by atoms with Crippen LogP contribution in [0, 0.1) is 0 Å². The minimum atomic E-state index is -0.276. The van der Waals surface area contributed by atoms with Crippen LogP contribution < -0.4 is 10.1 Å². The molecule has 26 heavy (non-hydrogen) atoms. The van der Waals surface area contributed by atoms with Gasteiger partial charge in [0.1, 0.15) is 17.3 Å². The van der Waals surface area contributed by atoms with E-state index >= 15 is 0 Å². The summed E-state index contributed by atoms with van der Waals surface area (Å²) in [5, 5.41) is 3.81. The maximum atomic E-state index is 12.0. The number of benzene rings is 2. The zero-order chi connectivity index (χ0) is 18.5. The molecule has 1 N–H and O–H groups in total. The fourth-order valence-electron chi connectivity index (χ4n) is 2.34. The SMILES string of the molecule is COc1cccc(NC(=O)/C=C/c2ccc(-c3cc(Cl)cc(Cl)c3)o2)c1. The lowest BCUT2D eigenvalue weighted by molar-refractivity contribution is -0.111. The molecule has 0 bridgehead atoms. The Kier molecular flexibility index (Phi) is 5.66. The molecular formula is C20H15Cl2NO3. The fourth-order valence-corrected chi connectivity index (χ4v) is 2.86. The molecule has 1 aromatic heterocycles. The Hall–Kier alpha value is -2.69. The fraction of sp³-hybridized carbons (Fsp3) is 0.0500. The average Bonchev–Trinajstić information content (AvgIpc) is 3.08. The summed E-state index contributed by atoms with van der Waals surface area (Å²) in [5.41, 5.74) is 1.41. The Bertz CT molecular complexity index is 943. The zero-order valence-electron chi connectivity index (χ0n) is 13.8. The number of methoxy groups -OCH3 is 1. The summed E-state index contributed by atoms with van der Waals surface area (Å²) in [6.45, 7) is 0. The summed E-state index contributed by atoms with van der Waals surface area (Å²) in [6.07, 6.45) is 2.98. The van der Waals surface area contributed by atoms with Crippen LogP contribution in [-0.2, 0) is 4.79 Å². The average molecular weight is 388 g/mol. The summed E-state index contributed by atoms with van der Waals surface area (Å²) in [4.78, 5) is 12.0. The van der Waals surface area contributed by atoms with Gasteiger partial charge in [-0.3, -0.25) is 4.79 Å². The molecule has 0 aliphatic heterocycles. The van der Waals surface area contributed by atoms with Crippen LogP contribution in [-0.4, -0.2) is 13.0 Å². The highest BCUT2D eigenvalue weighted by Gasteiger charge is 2.06. The lowest BCUT2D eigenvalue weighted by atomic mass is 10.2. The molecule has 0 aliphatic carbocycles. The van der Waals surface area contributed by atoms with Crippen molar-refractivity contribution in [2.75, 3.05) is 12.4 Å². The highest BCUT2D eigenvalue weighted by Crippen LogP contribution is 2.29. The van der Waals surface area contributed by atoms with Gasteiger partial charge in [-0.1, -0.05) is 29.3 Å². The van der Waals surface area contributed by atoms with E-state index in [-0.39, 0.29) is 5.91 Å². The van der Waals surface area contributed by atoms with Crippen LogP contribution in [0.3, 0.4) is 0 Å². The van der Waals surface area contributed by atoms with Crippen molar-refractivity contribution in [2.45, 2.75) is 0 Å². The molecule has 0 unspecified atom stereocenters. The van der Waals surface area contributed by atoms with Crippen LogP contribution in [0.5, 0.6) is 5.75 Å². The molecule has 0 radical (unpaired) electrons. The first-order valence-corrected chi connectivity index (χ1v) is 8.48. The van der Waals surface area contributed by atoms with E-state index in [1.54, 1.807) is 67.8 Å². The second-order valence-electron chi connectivity index (χ2n) is 5.41. The lowest BCUT2D eigenvalue weighted by Gasteiger charge is -2.04. The third-order valence-electron chi connectivity index (χ3n) is 3.51. The summed E-state index contributed by atoms with van der Waals surface area (Å²) >= 11 is 12.0. The van der Waals surface area contributed by atoms with E-state index in [9.17, 15) is 4.79 Å². The van der Waals surface area contributed by atoms with Gasteiger partial charge in [-0.25, -0.2) is 0 Å². The van der Waals surface area contributed by atoms with Gasteiger partial charge in [0.2, 0.25) is 5.91 Å². The number of carbonyl (C=O) groups excluding carboxylic acids is 1. The standard InChI is InChI=1S/C20H15Cl2NO3/c1-25-18-4-2-3-16(12-18)23-20(24)8-6-17-5-7-19(26-17)13-9-14(21)11-15(22)10-13/h2-12H,1H3,(H,23,24)/b8-6+. The molecule has 3 aromatic rings. The molecule has 0 fully saturated rings. The van der Waals surface area contributed by atoms with E-state index in [1.165, 1.54) is 6.08 Å². The molecular weight excluding hydrogens is 373 g/mol. The number of nitrogens with one attached hydrogen (secondary N) is 1. The highest BCUT2D eigenvalue weighted by molar-refractivity contribution is 6.35. The van der Waals surface area contributed by atoms with Gasteiger partial charge < -0.3 is 14.5 Å². The first-order valence-electron chi connectivity index (χ1n) is 7.73. The van der Waals surface area contributed by atoms with E-state index in [0.717, 1.165) is 5.56 Å². The van der Waals surface area contributed by atoms with Crippen LogP contribution in [0.4, 0.5) is 5.69 Å². The first-order chi connectivity index (χ1) is 12.5. The zero-order valence-corrected chi connectivity index (χ0v) is 15.3. The number of ether oxygens (including phenoxy) is 1.